The van der Waals surface area contributed by atoms with Crippen molar-refractivity contribution in [3.63, 3.8) is 0 Å². The maximum absolute atomic E-state index is 10.6. The molecule has 1 aromatic carbocycles. The Morgan fingerprint density at radius 2 is 1.86 bits per heavy atom. The highest BCUT2D eigenvalue weighted by molar-refractivity contribution is 7.32. The molecule has 1 aromatic rings. The number of halogens is 1. The first kappa shape index (κ1) is 11.7. The molecule has 0 aliphatic heterocycles. The van der Waals surface area contributed by atoms with E-state index in [1.807, 2.05) is 0 Å². The number of benzene rings is 1. The fourth-order valence-corrected chi connectivity index (χ4v) is 1.81. The van der Waals surface area contributed by atoms with Gasteiger partial charge in [0.1, 0.15) is 0 Å². The van der Waals surface area contributed by atoms with Gasteiger partial charge in [0.15, 0.2) is 0 Å². The zero-order valence-electron chi connectivity index (χ0n) is 7.95. The van der Waals surface area contributed by atoms with E-state index in [4.69, 9.17) is 21.0 Å². The molecule has 78 valence electrons. The van der Waals surface area contributed by atoms with Crippen molar-refractivity contribution in [1.82, 2.24) is 0 Å². The quantitative estimate of drug-likeness (QED) is 0.818. The Hall–Kier alpha value is -0.340. The lowest BCUT2D eigenvalue weighted by molar-refractivity contribution is 0.102. The molecule has 0 bridgehead atoms. The Balaban J connectivity index is 2.91. The van der Waals surface area contributed by atoms with Gasteiger partial charge in [-0.1, -0.05) is 23.7 Å². The minimum atomic E-state index is -2.93. The van der Waals surface area contributed by atoms with Crippen LogP contribution >= 0.6 is 19.9 Å². The first-order chi connectivity index (χ1) is 6.42. The second kappa shape index (κ2) is 4.45. The van der Waals surface area contributed by atoms with Crippen LogP contribution in [0.2, 0.25) is 5.02 Å². The summed E-state index contributed by atoms with van der Waals surface area (Å²) in [5, 5.41) is 0.626. The average Bonchev–Trinajstić information content (AvgIpc) is 2.02. The zero-order chi connectivity index (χ0) is 10.8. The van der Waals surface area contributed by atoms with Crippen molar-refractivity contribution < 1.29 is 14.0 Å². The van der Waals surface area contributed by atoms with Gasteiger partial charge >= 0.3 is 8.25 Å². The Morgan fingerprint density at radius 3 is 2.29 bits per heavy atom. The van der Waals surface area contributed by atoms with Crippen LogP contribution in [0.5, 0.6) is 0 Å². The molecule has 0 aliphatic carbocycles. The molecule has 14 heavy (non-hydrogen) atoms. The molecule has 0 amide bonds. The largest absolute Gasteiger partial charge is 0.326 e. The third kappa shape index (κ3) is 3.10. The van der Waals surface area contributed by atoms with Gasteiger partial charge in [0.05, 0.1) is 5.60 Å². The first-order valence-electron chi connectivity index (χ1n) is 4.10. The maximum atomic E-state index is 10.6. The minimum absolute atomic E-state index is 0.626. The topological polar surface area (TPSA) is 46.5 Å². The van der Waals surface area contributed by atoms with E-state index < -0.39 is 13.9 Å². The van der Waals surface area contributed by atoms with Crippen LogP contribution < -0.4 is 0 Å². The molecule has 0 heterocycles. The highest BCUT2D eigenvalue weighted by Crippen LogP contribution is 2.34. The Morgan fingerprint density at radius 1 is 1.36 bits per heavy atom. The summed E-state index contributed by atoms with van der Waals surface area (Å²) in [6.45, 7) is 3.46. The van der Waals surface area contributed by atoms with E-state index in [9.17, 15) is 4.57 Å². The standard InChI is InChI=1S/C9H12ClO3P/c1-9(2,13-14(11)12)7-3-5-8(10)6-4-7/h3-6,14H,1-2H3,(H,11,12). The molecule has 0 aromatic heterocycles. The van der Waals surface area contributed by atoms with E-state index in [2.05, 4.69) is 0 Å². The fraction of sp³-hybridized carbons (Fsp3) is 0.333. The normalized spacial score (nSPS) is 14.0. The van der Waals surface area contributed by atoms with Crippen LogP contribution in [-0.4, -0.2) is 4.89 Å². The third-order valence-electron chi connectivity index (χ3n) is 1.88. The van der Waals surface area contributed by atoms with E-state index in [1.54, 1.807) is 38.1 Å². The van der Waals surface area contributed by atoms with Crippen LogP contribution in [0.1, 0.15) is 19.4 Å². The van der Waals surface area contributed by atoms with Crippen LogP contribution in [0, 0.1) is 0 Å². The summed E-state index contributed by atoms with van der Waals surface area (Å²) in [6.07, 6.45) is 0. The van der Waals surface area contributed by atoms with Crippen LogP contribution in [0.4, 0.5) is 0 Å². The third-order valence-corrected chi connectivity index (χ3v) is 2.82. The zero-order valence-corrected chi connectivity index (χ0v) is 9.71. The maximum Gasteiger partial charge on any atom is 0.317 e. The van der Waals surface area contributed by atoms with Crippen molar-refractivity contribution in [2.24, 2.45) is 0 Å². The Labute approximate surface area is 88.6 Å². The minimum Gasteiger partial charge on any atom is -0.326 e. The number of hydrogen-bond donors (Lipinski definition) is 1. The Kier molecular flexibility index (Phi) is 3.73. The van der Waals surface area contributed by atoms with Gasteiger partial charge in [-0.25, -0.2) is 0 Å². The monoisotopic (exact) mass is 234 g/mol. The fourth-order valence-electron chi connectivity index (χ4n) is 1.13. The lowest BCUT2D eigenvalue weighted by Crippen LogP contribution is -2.17. The SMILES string of the molecule is CC(C)(O[PH](=O)O)c1ccc(Cl)cc1. The highest BCUT2D eigenvalue weighted by atomic mass is 35.5. The molecule has 0 radical (unpaired) electrons. The van der Waals surface area contributed by atoms with Crippen molar-refractivity contribution in [3.05, 3.63) is 34.9 Å². The highest BCUT2D eigenvalue weighted by Gasteiger charge is 2.23. The average molecular weight is 235 g/mol. The van der Waals surface area contributed by atoms with Crippen LogP contribution in [0.15, 0.2) is 24.3 Å². The van der Waals surface area contributed by atoms with Crippen LogP contribution in [0.3, 0.4) is 0 Å². The van der Waals surface area contributed by atoms with Crippen molar-refractivity contribution in [3.8, 4) is 0 Å². The second-order valence-corrected chi connectivity index (χ2v) is 4.56. The molecule has 1 rings (SSSR count). The summed E-state index contributed by atoms with van der Waals surface area (Å²) in [5.74, 6) is 0. The molecule has 3 nitrogen and oxygen atoms in total. The molecule has 0 saturated carbocycles. The predicted octanol–water partition coefficient (Wildman–Crippen LogP) is 2.97. The summed E-state index contributed by atoms with van der Waals surface area (Å²) in [7, 11) is -2.93. The van der Waals surface area contributed by atoms with E-state index in [1.165, 1.54) is 0 Å². The van der Waals surface area contributed by atoms with Crippen LogP contribution in [0.25, 0.3) is 0 Å². The van der Waals surface area contributed by atoms with E-state index in [-0.39, 0.29) is 0 Å². The molecule has 0 saturated heterocycles. The second-order valence-electron chi connectivity index (χ2n) is 3.39. The van der Waals surface area contributed by atoms with E-state index >= 15 is 0 Å². The Bertz CT molecular complexity index is 334. The van der Waals surface area contributed by atoms with Crippen molar-refractivity contribution in [2.45, 2.75) is 19.4 Å². The smallest absolute Gasteiger partial charge is 0.317 e. The summed E-state index contributed by atoms with van der Waals surface area (Å²) < 4.78 is 15.5. The summed E-state index contributed by atoms with van der Waals surface area (Å²) in [5.41, 5.74) is 0.0457. The predicted molar refractivity (Wildman–Crippen MR) is 56.8 cm³/mol. The molecule has 1 N–H and O–H groups in total. The molecule has 1 atom stereocenters. The number of rotatable bonds is 3. The van der Waals surface area contributed by atoms with Crippen molar-refractivity contribution >= 4 is 19.9 Å². The van der Waals surface area contributed by atoms with Gasteiger partial charge in [-0.2, -0.15) is 0 Å². The van der Waals surface area contributed by atoms with Gasteiger partial charge in [0.25, 0.3) is 0 Å². The summed E-state index contributed by atoms with van der Waals surface area (Å²) in [4.78, 5) is 8.70. The van der Waals surface area contributed by atoms with Crippen molar-refractivity contribution in [1.29, 1.82) is 0 Å². The molecular weight excluding hydrogens is 223 g/mol. The van der Waals surface area contributed by atoms with Crippen molar-refractivity contribution in [2.75, 3.05) is 0 Å². The summed E-state index contributed by atoms with van der Waals surface area (Å²) >= 11 is 5.72. The van der Waals surface area contributed by atoms with Gasteiger partial charge in [-0.15, -0.1) is 0 Å². The van der Waals surface area contributed by atoms with Gasteiger partial charge in [-0.3, -0.25) is 9.09 Å². The van der Waals surface area contributed by atoms with E-state index in [0.29, 0.717) is 5.02 Å². The molecule has 0 fully saturated rings. The van der Waals surface area contributed by atoms with E-state index in [0.717, 1.165) is 5.56 Å². The lowest BCUT2D eigenvalue weighted by Gasteiger charge is -2.23. The number of hydrogen-bond acceptors (Lipinski definition) is 2. The van der Waals surface area contributed by atoms with Crippen LogP contribution in [-0.2, 0) is 14.7 Å². The van der Waals surface area contributed by atoms with Gasteiger partial charge in [0, 0.05) is 5.02 Å². The molecule has 5 heteroatoms. The molecular formula is C9H12ClO3P. The molecule has 0 spiro atoms. The molecule has 1 unspecified atom stereocenters. The van der Waals surface area contributed by atoms with Gasteiger partial charge in [0.2, 0.25) is 0 Å². The molecule has 0 aliphatic rings. The van der Waals surface area contributed by atoms with Gasteiger partial charge in [-0.05, 0) is 31.5 Å². The first-order valence-corrected chi connectivity index (χ1v) is 5.74. The van der Waals surface area contributed by atoms with Gasteiger partial charge < -0.3 is 4.89 Å². The lowest BCUT2D eigenvalue weighted by atomic mass is 9.99. The summed E-state index contributed by atoms with van der Waals surface area (Å²) in [6, 6.07) is 6.98.